The maximum Gasteiger partial charge on any atom is 0.507 e. The second-order valence-electron chi connectivity index (χ2n) is 4.17. The standard InChI is InChI=1S/C12H26O7.C3H6O3/c13-1-3-15-5-7-17-9-11-19-12-10-18-8-6-16-4-2-14;1-5-3(4)6-2/h13-14H,1-12H2;1-2H3. The van der Waals surface area contributed by atoms with E-state index in [1.165, 1.54) is 14.2 Å². The van der Waals surface area contributed by atoms with Gasteiger partial charge < -0.3 is 43.4 Å². The summed E-state index contributed by atoms with van der Waals surface area (Å²) in [6.07, 6.45) is -0.657. The summed E-state index contributed by atoms with van der Waals surface area (Å²) in [5.74, 6) is 0. The summed E-state index contributed by atoms with van der Waals surface area (Å²) in [5, 5.41) is 16.9. The number of aliphatic hydroxyl groups excluding tert-OH is 2. The molecule has 10 nitrogen and oxygen atoms in total. The number of hydrogen-bond donors (Lipinski definition) is 2. The number of methoxy groups -OCH3 is 2. The summed E-state index contributed by atoms with van der Waals surface area (Å²) in [6, 6.07) is 0. The van der Waals surface area contributed by atoms with E-state index < -0.39 is 6.16 Å². The zero-order valence-corrected chi connectivity index (χ0v) is 15.1. The first kappa shape index (κ1) is 26.2. The maximum atomic E-state index is 9.74. The molecule has 0 aliphatic heterocycles. The fourth-order valence-electron chi connectivity index (χ4n) is 1.19. The van der Waals surface area contributed by atoms with Gasteiger partial charge in [-0.1, -0.05) is 0 Å². The number of ether oxygens (including phenoxy) is 7. The molecule has 0 atom stereocenters. The smallest absolute Gasteiger partial charge is 0.438 e. The average molecular weight is 372 g/mol. The van der Waals surface area contributed by atoms with E-state index in [1.807, 2.05) is 0 Å². The molecule has 0 saturated heterocycles. The van der Waals surface area contributed by atoms with Crippen LogP contribution in [0.25, 0.3) is 0 Å². The summed E-state index contributed by atoms with van der Waals surface area (Å²) < 4.78 is 33.9. The van der Waals surface area contributed by atoms with E-state index >= 15 is 0 Å². The zero-order chi connectivity index (χ0) is 19.0. The van der Waals surface area contributed by atoms with Crippen molar-refractivity contribution in [2.75, 3.05) is 93.5 Å². The van der Waals surface area contributed by atoms with Crippen molar-refractivity contribution in [3.05, 3.63) is 0 Å². The van der Waals surface area contributed by atoms with Gasteiger partial charge in [0, 0.05) is 0 Å². The maximum absolute atomic E-state index is 9.74. The van der Waals surface area contributed by atoms with Crippen molar-refractivity contribution in [2.45, 2.75) is 0 Å². The third kappa shape index (κ3) is 28.1. The van der Waals surface area contributed by atoms with Gasteiger partial charge in [-0.25, -0.2) is 4.79 Å². The average Bonchev–Trinajstić information content (AvgIpc) is 2.64. The molecule has 0 aromatic rings. The molecule has 0 aliphatic rings. The number of rotatable bonds is 16. The van der Waals surface area contributed by atoms with Gasteiger partial charge in [0.1, 0.15) is 0 Å². The van der Waals surface area contributed by atoms with Crippen molar-refractivity contribution in [1.29, 1.82) is 0 Å². The summed E-state index contributed by atoms with van der Waals surface area (Å²) in [5.41, 5.74) is 0. The molecule has 0 saturated carbocycles. The fourth-order valence-corrected chi connectivity index (χ4v) is 1.19. The van der Waals surface area contributed by atoms with E-state index in [0.717, 1.165) is 0 Å². The summed E-state index contributed by atoms with van der Waals surface area (Å²) in [4.78, 5) is 9.74. The Kier molecular flexibility index (Phi) is 26.5. The first-order valence-electron chi connectivity index (χ1n) is 7.95. The summed E-state index contributed by atoms with van der Waals surface area (Å²) in [7, 11) is 2.51. The first-order chi connectivity index (χ1) is 12.2. The lowest BCUT2D eigenvalue weighted by Crippen LogP contribution is -2.14. The minimum atomic E-state index is -0.657. The van der Waals surface area contributed by atoms with Crippen LogP contribution >= 0.6 is 0 Å². The van der Waals surface area contributed by atoms with Crippen LogP contribution in [0.5, 0.6) is 0 Å². The molecule has 0 aromatic heterocycles. The quantitative estimate of drug-likeness (QED) is 0.270. The first-order valence-corrected chi connectivity index (χ1v) is 7.95. The topological polar surface area (TPSA) is 122 Å². The third-order valence-corrected chi connectivity index (χ3v) is 2.29. The van der Waals surface area contributed by atoms with Gasteiger partial charge in [0.2, 0.25) is 0 Å². The number of carbonyl (C=O) groups is 1. The van der Waals surface area contributed by atoms with Gasteiger partial charge in [-0.2, -0.15) is 0 Å². The second-order valence-corrected chi connectivity index (χ2v) is 4.17. The SMILES string of the molecule is COC(=O)OC.OCCOCCOCCOCCOCCOCCO. The minimum absolute atomic E-state index is 0.0359. The highest BCUT2D eigenvalue weighted by molar-refractivity contribution is 5.59. The van der Waals surface area contributed by atoms with Gasteiger partial charge >= 0.3 is 6.16 Å². The van der Waals surface area contributed by atoms with Crippen LogP contribution in [-0.2, 0) is 33.2 Å². The van der Waals surface area contributed by atoms with Crippen LogP contribution in [0.3, 0.4) is 0 Å². The van der Waals surface area contributed by atoms with Gasteiger partial charge in [-0.3, -0.25) is 0 Å². The van der Waals surface area contributed by atoms with E-state index in [0.29, 0.717) is 66.1 Å². The highest BCUT2D eigenvalue weighted by Crippen LogP contribution is 1.83. The van der Waals surface area contributed by atoms with Crippen molar-refractivity contribution >= 4 is 6.16 Å². The van der Waals surface area contributed by atoms with E-state index in [1.54, 1.807) is 0 Å². The van der Waals surface area contributed by atoms with Crippen molar-refractivity contribution in [1.82, 2.24) is 0 Å². The Hall–Kier alpha value is -1.01. The van der Waals surface area contributed by atoms with E-state index in [2.05, 4.69) is 9.47 Å². The van der Waals surface area contributed by atoms with Gasteiger partial charge in [0.15, 0.2) is 0 Å². The van der Waals surface area contributed by atoms with E-state index in [4.69, 9.17) is 33.9 Å². The van der Waals surface area contributed by atoms with Gasteiger partial charge in [0.25, 0.3) is 0 Å². The molecule has 0 bridgehead atoms. The Labute approximate surface area is 148 Å². The Morgan fingerprint density at radius 3 is 0.960 bits per heavy atom. The molecule has 0 amide bonds. The highest BCUT2D eigenvalue weighted by Gasteiger charge is 1.93. The monoisotopic (exact) mass is 372 g/mol. The Morgan fingerprint density at radius 2 is 0.800 bits per heavy atom. The van der Waals surface area contributed by atoms with Crippen LogP contribution in [-0.4, -0.2) is 110 Å². The Bertz CT molecular complexity index is 230. The van der Waals surface area contributed by atoms with Gasteiger partial charge in [-0.05, 0) is 0 Å². The van der Waals surface area contributed by atoms with Crippen molar-refractivity contribution in [3.8, 4) is 0 Å². The lowest BCUT2D eigenvalue weighted by Gasteiger charge is -2.07. The van der Waals surface area contributed by atoms with Crippen molar-refractivity contribution in [3.63, 3.8) is 0 Å². The van der Waals surface area contributed by atoms with Crippen LogP contribution in [0.15, 0.2) is 0 Å². The largest absolute Gasteiger partial charge is 0.507 e. The normalized spacial score (nSPS) is 10.1. The molecule has 0 fully saturated rings. The molecule has 10 heteroatoms. The summed E-state index contributed by atoms with van der Waals surface area (Å²) in [6.45, 7) is 4.80. The molecule has 0 spiro atoms. The van der Waals surface area contributed by atoms with Crippen LogP contribution in [0.4, 0.5) is 4.79 Å². The van der Waals surface area contributed by atoms with Crippen LogP contribution in [0, 0.1) is 0 Å². The number of carbonyl (C=O) groups excluding carboxylic acids is 1. The van der Waals surface area contributed by atoms with Crippen molar-refractivity contribution in [2.24, 2.45) is 0 Å². The van der Waals surface area contributed by atoms with Crippen molar-refractivity contribution < 1.29 is 48.2 Å². The molecule has 152 valence electrons. The molecule has 0 aliphatic carbocycles. The lowest BCUT2D eigenvalue weighted by molar-refractivity contribution is -0.0151. The Morgan fingerprint density at radius 1 is 0.560 bits per heavy atom. The Balaban J connectivity index is 0. The second kappa shape index (κ2) is 25.2. The van der Waals surface area contributed by atoms with Crippen LogP contribution in [0.2, 0.25) is 0 Å². The fraction of sp³-hybridized carbons (Fsp3) is 0.933. The molecular formula is C15H32O10. The zero-order valence-electron chi connectivity index (χ0n) is 15.1. The lowest BCUT2D eigenvalue weighted by atomic mass is 10.7. The predicted octanol–water partition coefficient (Wildman–Crippen LogP) is -0.547. The number of hydrogen-bond acceptors (Lipinski definition) is 10. The highest BCUT2D eigenvalue weighted by atomic mass is 16.7. The van der Waals surface area contributed by atoms with E-state index in [-0.39, 0.29) is 13.2 Å². The third-order valence-electron chi connectivity index (χ3n) is 2.29. The molecule has 0 aromatic carbocycles. The van der Waals surface area contributed by atoms with Gasteiger partial charge in [0.05, 0.1) is 93.5 Å². The molecule has 25 heavy (non-hydrogen) atoms. The molecular weight excluding hydrogens is 340 g/mol. The molecule has 2 N–H and O–H groups in total. The van der Waals surface area contributed by atoms with Crippen LogP contribution < -0.4 is 0 Å². The van der Waals surface area contributed by atoms with Gasteiger partial charge in [-0.15, -0.1) is 0 Å². The molecule has 0 rings (SSSR count). The van der Waals surface area contributed by atoms with E-state index in [9.17, 15) is 4.79 Å². The predicted molar refractivity (Wildman–Crippen MR) is 87.7 cm³/mol. The molecule has 0 heterocycles. The molecule has 0 unspecified atom stereocenters. The minimum Gasteiger partial charge on any atom is -0.438 e. The number of aliphatic hydroxyl groups is 2. The molecule has 0 radical (unpaired) electrons. The van der Waals surface area contributed by atoms with Crippen LogP contribution in [0.1, 0.15) is 0 Å². The summed E-state index contributed by atoms with van der Waals surface area (Å²) >= 11 is 0.